The van der Waals surface area contributed by atoms with Crippen LogP contribution in [-0.2, 0) is 0 Å². The summed E-state index contributed by atoms with van der Waals surface area (Å²) < 4.78 is 2.42. The molecule has 10 aromatic rings. The van der Waals surface area contributed by atoms with Crippen LogP contribution < -0.4 is 0 Å². The lowest BCUT2D eigenvalue weighted by Gasteiger charge is -2.15. The van der Waals surface area contributed by atoms with E-state index < -0.39 is 0 Å². The summed E-state index contributed by atoms with van der Waals surface area (Å²) in [4.78, 5) is 15.5. The number of benzene rings is 8. The molecule has 10 rings (SSSR count). The third-order valence-corrected chi connectivity index (χ3v) is 10.7. The SMILES string of the molecule is c1ccc(-c2nc(-c3ccccc3)nc(-c3c(-c4ccc5c6ccccc6c6ccccc6c5c4)ccc4c3sc3ccccc34)n2)cc1. The van der Waals surface area contributed by atoms with Crippen LogP contribution in [0, 0.1) is 0 Å². The molecule has 228 valence electrons. The lowest BCUT2D eigenvalue weighted by molar-refractivity contribution is 1.08. The number of nitrogens with zero attached hydrogens (tertiary/aromatic N) is 3. The number of fused-ring (bicyclic) bond motifs is 9. The second-order valence-corrected chi connectivity index (χ2v) is 13.4. The largest absolute Gasteiger partial charge is 0.208 e. The summed E-state index contributed by atoms with van der Waals surface area (Å²) in [5.74, 6) is 1.98. The predicted octanol–water partition coefficient (Wildman–Crippen LogP) is 12.4. The summed E-state index contributed by atoms with van der Waals surface area (Å²) >= 11 is 1.80. The van der Waals surface area contributed by atoms with Gasteiger partial charge in [-0.3, -0.25) is 0 Å². The zero-order valence-electron chi connectivity index (χ0n) is 26.3. The minimum atomic E-state index is 0.657. The Balaban J connectivity index is 1.31. The Morgan fingerprint density at radius 2 is 0.796 bits per heavy atom. The predicted molar refractivity (Wildman–Crippen MR) is 207 cm³/mol. The van der Waals surface area contributed by atoms with E-state index in [0.29, 0.717) is 17.5 Å². The van der Waals surface area contributed by atoms with E-state index in [9.17, 15) is 0 Å². The Bertz CT molecular complexity index is 2780. The number of rotatable bonds is 4. The van der Waals surface area contributed by atoms with E-state index in [1.54, 1.807) is 11.3 Å². The Morgan fingerprint density at radius 1 is 0.327 bits per heavy atom. The molecule has 0 unspecified atom stereocenters. The highest BCUT2D eigenvalue weighted by molar-refractivity contribution is 7.26. The van der Waals surface area contributed by atoms with Crippen molar-refractivity contribution < 1.29 is 0 Å². The maximum Gasteiger partial charge on any atom is 0.166 e. The molecule has 0 radical (unpaired) electrons. The summed E-state index contributed by atoms with van der Waals surface area (Å²) in [6.45, 7) is 0. The number of hydrogen-bond donors (Lipinski definition) is 0. The van der Waals surface area contributed by atoms with Crippen LogP contribution in [0.5, 0.6) is 0 Å². The van der Waals surface area contributed by atoms with Gasteiger partial charge >= 0.3 is 0 Å². The van der Waals surface area contributed by atoms with Gasteiger partial charge < -0.3 is 0 Å². The van der Waals surface area contributed by atoms with Gasteiger partial charge in [-0.05, 0) is 55.6 Å². The van der Waals surface area contributed by atoms with Crippen LogP contribution in [0.4, 0.5) is 0 Å². The van der Waals surface area contributed by atoms with Crippen LogP contribution in [0.1, 0.15) is 0 Å². The second-order valence-electron chi connectivity index (χ2n) is 12.4. The van der Waals surface area contributed by atoms with E-state index in [-0.39, 0.29) is 0 Å². The fourth-order valence-electron chi connectivity index (χ4n) is 7.25. The Hall–Kier alpha value is -6.23. The first-order valence-corrected chi connectivity index (χ1v) is 17.3. The van der Waals surface area contributed by atoms with Gasteiger partial charge in [0.2, 0.25) is 0 Å². The van der Waals surface area contributed by atoms with Crippen molar-refractivity contribution in [1.29, 1.82) is 0 Å². The Labute approximate surface area is 286 Å². The molecule has 0 fully saturated rings. The normalized spacial score (nSPS) is 11.7. The Kier molecular flexibility index (Phi) is 6.36. The topological polar surface area (TPSA) is 38.7 Å². The van der Waals surface area contributed by atoms with Crippen LogP contribution in [0.3, 0.4) is 0 Å². The molecule has 8 aromatic carbocycles. The highest BCUT2D eigenvalue weighted by Gasteiger charge is 2.21. The van der Waals surface area contributed by atoms with Crippen molar-refractivity contribution in [3.63, 3.8) is 0 Å². The van der Waals surface area contributed by atoms with Crippen LogP contribution in [0.25, 0.3) is 97.8 Å². The zero-order valence-corrected chi connectivity index (χ0v) is 27.2. The van der Waals surface area contributed by atoms with E-state index in [1.807, 2.05) is 36.4 Å². The fourth-order valence-corrected chi connectivity index (χ4v) is 8.49. The molecule has 0 aliphatic rings. The van der Waals surface area contributed by atoms with Crippen LogP contribution >= 0.6 is 11.3 Å². The molecule has 0 saturated heterocycles. The Morgan fingerprint density at radius 3 is 1.41 bits per heavy atom. The molecular formula is C45H27N3S. The second kappa shape index (κ2) is 11.2. The number of aromatic nitrogens is 3. The molecule has 0 saturated carbocycles. The van der Waals surface area contributed by atoms with E-state index in [2.05, 4.69) is 127 Å². The number of thiophene rings is 1. The van der Waals surface area contributed by atoms with Crippen molar-refractivity contribution in [3.8, 4) is 45.3 Å². The molecule has 0 bridgehead atoms. The van der Waals surface area contributed by atoms with Crippen LogP contribution in [0.15, 0.2) is 164 Å². The van der Waals surface area contributed by atoms with E-state index in [4.69, 9.17) is 15.0 Å². The van der Waals surface area contributed by atoms with Gasteiger partial charge in [0, 0.05) is 36.9 Å². The molecule has 0 aliphatic heterocycles. The van der Waals surface area contributed by atoms with Crippen molar-refractivity contribution in [2.75, 3.05) is 0 Å². The molecule has 49 heavy (non-hydrogen) atoms. The lowest BCUT2D eigenvalue weighted by Crippen LogP contribution is -2.01. The molecule has 4 heteroatoms. The minimum absolute atomic E-state index is 0.657. The standard InChI is InChI=1S/C45H27N3S/c1-3-13-28(14-4-1)43-46-44(29-15-5-2-6-16-29)48-45(47-43)41-31(25-26-38-37-21-11-12-22-40(37)49-42(38)41)30-23-24-36-34-19-8-7-17-32(34)33-18-9-10-20-35(33)39(36)27-30/h1-27H. The maximum atomic E-state index is 5.24. The van der Waals surface area contributed by atoms with Crippen molar-refractivity contribution in [2.24, 2.45) is 0 Å². The quantitative estimate of drug-likeness (QED) is 0.180. The average molecular weight is 642 g/mol. The van der Waals surface area contributed by atoms with Gasteiger partial charge in [0.25, 0.3) is 0 Å². The molecule has 0 spiro atoms. The fraction of sp³-hybridized carbons (Fsp3) is 0. The average Bonchev–Trinajstić information content (AvgIpc) is 3.57. The van der Waals surface area contributed by atoms with Crippen molar-refractivity contribution in [2.45, 2.75) is 0 Å². The highest BCUT2D eigenvalue weighted by atomic mass is 32.1. The van der Waals surface area contributed by atoms with E-state index in [0.717, 1.165) is 27.8 Å². The van der Waals surface area contributed by atoms with E-state index >= 15 is 0 Å². The van der Waals surface area contributed by atoms with Gasteiger partial charge in [0.05, 0.1) is 0 Å². The van der Waals surface area contributed by atoms with Gasteiger partial charge in [0.15, 0.2) is 17.5 Å². The van der Waals surface area contributed by atoms with Crippen LogP contribution in [0.2, 0.25) is 0 Å². The third-order valence-electron chi connectivity index (χ3n) is 9.53. The van der Waals surface area contributed by atoms with Gasteiger partial charge in [-0.15, -0.1) is 11.3 Å². The number of hydrogen-bond acceptors (Lipinski definition) is 4. The molecule has 0 aliphatic carbocycles. The van der Waals surface area contributed by atoms with Gasteiger partial charge in [-0.1, -0.05) is 152 Å². The van der Waals surface area contributed by atoms with Gasteiger partial charge in [-0.2, -0.15) is 0 Å². The molecule has 3 nitrogen and oxygen atoms in total. The van der Waals surface area contributed by atoms with Crippen molar-refractivity contribution in [1.82, 2.24) is 15.0 Å². The highest BCUT2D eigenvalue weighted by Crippen LogP contribution is 2.46. The molecule has 0 N–H and O–H groups in total. The maximum absolute atomic E-state index is 5.24. The minimum Gasteiger partial charge on any atom is -0.208 e. The first kappa shape index (κ1) is 27.8. The van der Waals surface area contributed by atoms with Crippen LogP contribution in [-0.4, -0.2) is 15.0 Å². The molecule has 0 atom stereocenters. The third kappa shape index (κ3) is 4.53. The van der Waals surface area contributed by atoms with Crippen molar-refractivity contribution >= 4 is 63.8 Å². The summed E-state index contributed by atoms with van der Waals surface area (Å²) in [5.41, 5.74) is 5.17. The van der Waals surface area contributed by atoms with Gasteiger partial charge in [0.1, 0.15) is 0 Å². The zero-order chi connectivity index (χ0) is 32.3. The van der Waals surface area contributed by atoms with E-state index in [1.165, 1.54) is 52.5 Å². The lowest BCUT2D eigenvalue weighted by atomic mass is 9.90. The molecule has 2 heterocycles. The molecule has 2 aromatic heterocycles. The monoisotopic (exact) mass is 641 g/mol. The summed E-state index contributed by atoms with van der Waals surface area (Å²) in [7, 11) is 0. The molecule has 0 amide bonds. The van der Waals surface area contributed by atoms with Gasteiger partial charge in [-0.25, -0.2) is 15.0 Å². The van der Waals surface area contributed by atoms with Crippen molar-refractivity contribution in [3.05, 3.63) is 164 Å². The summed E-state index contributed by atoms with van der Waals surface area (Å²) in [6, 6.07) is 58.0. The first-order valence-electron chi connectivity index (χ1n) is 16.5. The first-order chi connectivity index (χ1) is 24.3. The summed E-state index contributed by atoms with van der Waals surface area (Å²) in [6.07, 6.45) is 0. The molecular weight excluding hydrogens is 615 g/mol. The smallest absolute Gasteiger partial charge is 0.166 e. The summed E-state index contributed by atoms with van der Waals surface area (Å²) in [5, 5.41) is 9.99.